The minimum Gasteiger partial charge on any atom is -0.313 e. The topological polar surface area (TPSA) is 55.2 Å². The summed E-state index contributed by atoms with van der Waals surface area (Å²) in [5, 5.41) is 1.41. The Balaban J connectivity index is 1.98. The molecule has 0 radical (unpaired) electrons. The minimum absolute atomic E-state index is 0.0112. The Bertz CT molecular complexity index is 1060. The highest BCUT2D eigenvalue weighted by Gasteiger charge is 2.28. The standard InChI is InChI=1S/C21H26FN3O2S2/c1-15(2)29(26,27)21-23-12-18(14-24(4)16(3)20-10-7-11-28-20)25(21)13-17-8-5-6-9-19(17)22/h5-12,15-16H,13-14H2,1-4H3/t16-/m0/s1. The lowest BCUT2D eigenvalue weighted by Gasteiger charge is -2.24. The second-order valence-electron chi connectivity index (χ2n) is 7.41. The maximum atomic E-state index is 14.3. The van der Waals surface area contributed by atoms with Crippen LogP contribution in [0, 0.1) is 5.82 Å². The van der Waals surface area contributed by atoms with Crippen molar-refractivity contribution in [2.75, 3.05) is 7.05 Å². The average Bonchev–Trinajstić information content (AvgIpc) is 3.33. The molecule has 2 aromatic heterocycles. The third-order valence-electron chi connectivity index (χ3n) is 5.09. The van der Waals surface area contributed by atoms with Gasteiger partial charge in [0.1, 0.15) is 5.82 Å². The lowest BCUT2D eigenvalue weighted by atomic mass is 10.2. The molecule has 5 nitrogen and oxygen atoms in total. The highest BCUT2D eigenvalue weighted by atomic mass is 32.2. The Labute approximate surface area is 175 Å². The van der Waals surface area contributed by atoms with Gasteiger partial charge in [-0.05, 0) is 45.3 Å². The van der Waals surface area contributed by atoms with Gasteiger partial charge in [0.15, 0.2) is 0 Å². The predicted octanol–water partition coefficient (Wildman–Crippen LogP) is 4.51. The lowest BCUT2D eigenvalue weighted by Crippen LogP contribution is -2.25. The van der Waals surface area contributed by atoms with Crippen molar-refractivity contribution in [2.45, 2.75) is 50.3 Å². The van der Waals surface area contributed by atoms with Crippen LogP contribution in [0.15, 0.2) is 53.1 Å². The fourth-order valence-electron chi connectivity index (χ4n) is 3.06. The molecular weight excluding hydrogens is 409 g/mol. The fraction of sp³-hybridized carbons (Fsp3) is 0.381. The van der Waals surface area contributed by atoms with E-state index in [-0.39, 0.29) is 23.6 Å². The molecule has 0 saturated heterocycles. The number of benzene rings is 1. The van der Waals surface area contributed by atoms with Gasteiger partial charge in [-0.2, -0.15) is 0 Å². The van der Waals surface area contributed by atoms with Crippen LogP contribution in [-0.2, 0) is 22.9 Å². The van der Waals surface area contributed by atoms with Crippen molar-refractivity contribution < 1.29 is 12.8 Å². The number of thiophene rings is 1. The summed E-state index contributed by atoms with van der Waals surface area (Å²) in [5.41, 5.74) is 1.17. The maximum absolute atomic E-state index is 14.3. The van der Waals surface area contributed by atoms with Crippen molar-refractivity contribution in [1.82, 2.24) is 14.5 Å². The summed E-state index contributed by atoms with van der Waals surface area (Å²) in [5.74, 6) is -0.361. The quantitative estimate of drug-likeness (QED) is 0.523. The van der Waals surface area contributed by atoms with Crippen LogP contribution >= 0.6 is 11.3 Å². The van der Waals surface area contributed by atoms with E-state index in [1.807, 2.05) is 18.5 Å². The first-order valence-corrected chi connectivity index (χ1v) is 11.9. The second kappa shape index (κ2) is 8.77. The number of halogens is 1. The van der Waals surface area contributed by atoms with Gasteiger partial charge in [-0.15, -0.1) is 11.3 Å². The summed E-state index contributed by atoms with van der Waals surface area (Å²) in [6.07, 6.45) is 1.59. The molecule has 0 fully saturated rings. The van der Waals surface area contributed by atoms with Gasteiger partial charge in [-0.1, -0.05) is 24.3 Å². The summed E-state index contributed by atoms with van der Waals surface area (Å²) in [4.78, 5) is 7.59. The average molecular weight is 436 g/mol. The highest BCUT2D eigenvalue weighted by Crippen LogP contribution is 2.26. The Kier molecular flexibility index (Phi) is 6.55. The molecule has 0 unspecified atom stereocenters. The van der Waals surface area contributed by atoms with Gasteiger partial charge in [-0.25, -0.2) is 17.8 Å². The summed E-state index contributed by atoms with van der Waals surface area (Å²) in [6.45, 7) is 5.97. The molecule has 156 valence electrons. The molecule has 0 saturated carbocycles. The van der Waals surface area contributed by atoms with E-state index in [1.54, 1.807) is 54.1 Å². The first-order valence-electron chi connectivity index (χ1n) is 9.47. The fourth-order valence-corrected chi connectivity index (χ4v) is 5.02. The summed E-state index contributed by atoms with van der Waals surface area (Å²) < 4.78 is 41.6. The maximum Gasteiger partial charge on any atom is 0.228 e. The SMILES string of the molecule is CC(C)S(=O)(=O)c1ncc(CN(C)[C@@H](C)c2cccs2)n1Cc1ccccc1F. The van der Waals surface area contributed by atoms with Crippen molar-refractivity contribution in [3.05, 3.63) is 69.9 Å². The monoisotopic (exact) mass is 435 g/mol. The molecule has 0 N–H and O–H groups in total. The molecule has 3 aromatic rings. The molecule has 0 amide bonds. The second-order valence-corrected chi connectivity index (χ2v) is 10.8. The number of imidazole rings is 1. The van der Waals surface area contributed by atoms with E-state index in [0.717, 1.165) is 5.69 Å². The van der Waals surface area contributed by atoms with Crippen LogP contribution in [0.4, 0.5) is 4.39 Å². The van der Waals surface area contributed by atoms with Crippen LogP contribution in [0.2, 0.25) is 0 Å². The van der Waals surface area contributed by atoms with Crippen LogP contribution in [0.1, 0.15) is 42.9 Å². The van der Waals surface area contributed by atoms with Crippen molar-refractivity contribution in [2.24, 2.45) is 0 Å². The third kappa shape index (κ3) is 4.60. The van der Waals surface area contributed by atoms with Crippen LogP contribution in [0.3, 0.4) is 0 Å². The van der Waals surface area contributed by atoms with E-state index < -0.39 is 15.1 Å². The predicted molar refractivity (Wildman–Crippen MR) is 114 cm³/mol. The minimum atomic E-state index is -3.61. The van der Waals surface area contributed by atoms with E-state index >= 15 is 0 Å². The highest BCUT2D eigenvalue weighted by molar-refractivity contribution is 7.91. The largest absolute Gasteiger partial charge is 0.313 e. The Morgan fingerprint density at radius 3 is 2.52 bits per heavy atom. The number of aromatic nitrogens is 2. The number of hydrogen-bond donors (Lipinski definition) is 0. The van der Waals surface area contributed by atoms with E-state index in [4.69, 9.17) is 0 Å². The van der Waals surface area contributed by atoms with Crippen LogP contribution in [-0.4, -0.2) is 35.2 Å². The van der Waals surface area contributed by atoms with Gasteiger partial charge in [0.05, 0.1) is 23.7 Å². The molecule has 0 aliphatic rings. The Hall–Kier alpha value is -2.03. The van der Waals surface area contributed by atoms with Crippen molar-refractivity contribution in [3.63, 3.8) is 0 Å². The molecule has 0 spiro atoms. The molecule has 3 rings (SSSR count). The van der Waals surface area contributed by atoms with Crippen LogP contribution < -0.4 is 0 Å². The molecule has 29 heavy (non-hydrogen) atoms. The van der Waals surface area contributed by atoms with Gasteiger partial charge < -0.3 is 4.57 Å². The molecular formula is C21H26FN3O2S2. The van der Waals surface area contributed by atoms with E-state index in [1.165, 1.54) is 10.9 Å². The number of sulfone groups is 1. The normalized spacial score (nSPS) is 13.3. The van der Waals surface area contributed by atoms with Gasteiger partial charge in [0, 0.05) is 23.0 Å². The zero-order chi connectivity index (χ0) is 21.2. The lowest BCUT2D eigenvalue weighted by molar-refractivity contribution is 0.249. The number of rotatable bonds is 8. The summed E-state index contributed by atoms with van der Waals surface area (Å²) in [7, 11) is -1.62. The first kappa shape index (κ1) is 21.7. The Morgan fingerprint density at radius 2 is 1.90 bits per heavy atom. The van der Waals surface area contributed by atoms with Crippen molar-refractivity contribution in [3.8, 4) is 0 Å². The van der Waals surface area contributed by atoms with Gasteiger partial charge in [0.2, 0.25) is 15.0 Å². The Morgan fingerprint density at radius 1 is 1.17 bits per heavy atom. The number of nitrogens with zero attached hydrogens (tertiary/aromatic N) is 3. The summed E-state index contributed by atoms with van der Waals surface area (Å²) in [6, 6.07) is 10.7. The van der Waals surface area contributed by atoms with Crippen LogP contribution in [0.5, 0.6) is 0 Å². The molecule has 1 aromatic carbocycles. The molecule has 8 heteroatoms. The molecule has 1 atom stereocenters. The zero-order valence-electron chi connectivity index (χ0n) is 17.0. The molecule has 0 aliphatic carbocycles. The third-order valence-corrected chi connectivity index (χ3v) is 8.21. The van der Waals surface area contributed by atoms with E-state index in [2.05, 4.69) is 22.9 Å². The van der Waals surface area contributed by atoms with E-state index in [0.29, 0.717) is 12.1 Å². The van der Waals surface area contributed by atoms with Gasteiger partial charge >= 0.3 is 0 Å². The smallest absolute Gasteiger partial charge is 0.228 e. The zero-order valence-corrected chi connectivity index (χ0v) is 18.7. The first-order chi connectivity index (χ1) is 13.7. The van der Waals surface area contributed by atoms with Gasteiger partial charge in [0.25, 0.3) is 0 Å². The number of hydrogen-bond acceptors (Lipinski definition) is 5. The molecule has 2 heterocycles. The van der Waals surface area contributed by atoms with Crippen molar-refractivity contribution in [1.29, 1.82) is 0 Å². The van der Waals surface area contributed by atoms with Gasteiger partial charge in [-0.3, -0.25) is 4.90 Å². The summed E-state index contributed by atoms with van der Waals surface area (Å²) >= 11 is 1.68. The van der Waals surface area contributed by atoms with Crippen LogP contribution in [0.25, 0.3) is 0 Å². The van der Waals surface area contributed by atoms with E-state index in [9.17, 15) is 12.8 Å². The molecule has 0 aliphatic heterocycles. The molecule has 0 bridgehead atoms. The van der Waals surface area contributed by atoms with Crippen molar-refractivity contribution >= 4 is 21.2 Å².